The zero-order valence-corrected chi connectivity index (χ0v) is 14.6. The van der Waals surface area contributed by atoms with Crippen LogP contribution in [0.4, 0.5) is 0 Å². The van der Waals surface area contributed by atoms with Crippen molar-refractivity contribution in [1.82, 2.24) is 14.7 Å². The van der Waals surface area contributed by atoms with E-state index < -0.39 is 0 Å². The number of β-amino-alcohol motifs (C(OH)–C–C–N with tert-alkyl or cyclic N) is 1. The third-order valence-corrected chi connectivity index (χ3v) is 4.35. The monoisotopic (exact) mass is 351 g/mol. The number of piperidine rings is 1. The summed E-state index contributed by atoms with van der Waals surface area (Å²) in [6.07, 6.45) is 1.52. The van der Waals surface area contributed by atoms with Gasteiger partial charge in [0.25, 0.3) is 10.7 Å². The molecule has 0 radical (unpaired) electrons. The van der Waals surface area contributed by atoms with E-state index in [1.165, 1.54) is 0 Å². The van der Waals surface area contributed by atoms with Crippen molar-refractivity contribution in [2.24, 2.45) is 0 Å². The zero-order chi connectivity index (χ0) is 17.1. The van der Waals surface area contributed by atoms with E-state index in [9.17, 15) is 5.11 Å². The molecule has 1 aromatic heterocycles. The van der Waals surface area contributed by atoms with E-state index in [0.717, 1.165) is 19.4 Å². The number of aromatic nitrogens is 2. The van der Waals surface area contributed by atoms with Gasteiger partial charge >= 0.3 is 0 Å². The Morgan fingerprint density at radius 3 is 2.92 bits per heavy atom. The molecule has 1 N–H and O–H groups in total. The molecule has 7 nitrogen and oxygen atoms in total. The van der Waals surface area contributed by atoms with Crippen molar-refractivity contribution in [3.05, 3.63) is 23.0 Å². The minimum atomic E-state index is -0.291. The Morgan fingerprint density at radius 1 is 1.38 bits per heavy atom. The number of rotatable bonds is 5. The first-order valence-corrected chi connectivity index (χ1v) is 8.22. The molecule has 8 heteroatoms. The van der Waals surface area contributed by atoms with Crippen LogP contribution in [-0.4, -0.2) is 53.2 Å². The summed E-state index contributed by atoms with van der Waals surface area (Å²) in [6, 6.07) is 5.41. The van der Waals surface area contributed by atoms with Crippen molar-refractivity contribution in [2.75, 3.05) is 27.3 Å². The fraction of sp³-hybridized carbons (Fsp3) is 0.500. The van der Waals surface area contributed by atoms with Gasteiger partial charge in [-0.25, -0.2) is 4.68 Å². The van der Waals surface area contributed by atoms with Gasteiger partial charge in [-0.3, -0.25) is 4.90 Å². The summed E-state index contributed by atoms with van der Waals surface area (Å²) in [5.74, 6) is 1.69. The number of aliphatic hydroxyl groups excluding tert-OH is 1. The molecule has 1 aliphatic rings. The summed E-state index contributed by atoms with van der Waals surface area (Å²) in [5.41, 5.74) is 0.710. The van der Waals surface area contributed by atoms with E-state index in [1.54, 1.807) is 25.0 Å². The van der Waals surface area contributed by atoms with Gasteiger partial charge in [0, 0.05) is 19.2 Å². The van der Waals surface area contributed by atoms with Crippen molar-refractivity contribution in [3.8, 4) is 23.0 Å². The number of hydrogen-bond donors (Lipinski definition) is 1. The van der Waals surface area contributed by atoms with Crippen molar-refractivity contribution in [3.63, 3.8) is 0 Å². The van der Waals surface area contributed by atoms with Gasteiger partial charge in [0.05, 0.1) is 32.6 Å². The predicted molar refractivity (Wildman–Crippen MR) is 90.7 cm³/mol. The van der Waals surface area contributed by atoms with E-state index in [2.05, 4.69) is 10.00 Å². The first kappa shape index (κ1) is 16.9. The molecule has 0 bridgehead atoms. The Hall–Kier alpha value is -1.90. The second kappa shape index (κ2) is 7.33. The van der Waals surface area contributed by atoms with Gasteiger partial charge < -0.3 is 19.0 Å². The van der Waals surface area contributed by atoms with E-state index in [1.807, 2.05) is 12.1 Å². The quantitative estimate of drug-likeness (QED) is 0.829. The standard InChI is InChI=1S/C16H21N3O4S/c1-21-12-5-6-13(14(8-12)22-2)15-17-19(16(24)23-15)10-18-7-3-4-11(20)9-18/h5-6,8,11,20H,3-4,7,9-10H2,1-2H3/t11-/m0/s1. The lowest BCUT2D eigenvalue weighted by molar-refractivity contribution is 0.0509. The highest BCUT2D eigenvalue weighted by Gasteiger charge is 2.20. The second-order valence-corrected chi connectivity index (χ2v) is 6.10. The van der Waals surface area contributed by atoms with Crippen LogP contribution in [0.3, 0.4) is 0 Å². The van der Waals surface area contributed by atoms with E-state index in [-0.39, 0.29) is 6.10 Å². The van der Waals surface area contributed by atoms with E-state index in [0.29, 0.717) is 41.0 Å². The first-order valence-electron chi connectivity index (χ1n) is 7.81. The van der Waals surface area contributed by atoms with Crippen LogP contribution >= 0.6 is 12.2 Å². The van der Waals surface area contributed by atoms with Crippen LogP contribution < -0.4 is 9.47 Å². The second-order valence-electron chi connectivity index (χ2n) is 5.75. The Labute approximate surface area is 145 Å². The van der Waals surface area contributed by atoms with Gasteiger partial charge in [0.2, 0.25) is 0 Å². The molecule has 130 valence electrons. The molecule has 1 aliphatic heterocycles. The molecular weight excluding hydrogens is 330 g/mol. The van der Waals surface area contributed by atoms with E-state index >= 15 is 0 Å². The number of methoxy groups -OCH3 is 2. The molecule has 3 rings (SSSR count). The van der Waals surface area contributed by atoms with Crippen LogP contribution in [0.25, 0.3) is 11.5 Å². The normalized spacial score (nSPS) is 18.5. The molecule has 0 amide bonds. The number of aliphatic hydroxyl groups is 1. The van der Waals surface area contributed by atoms with Crippen LogP contribution in [0.5, 0.6) is 11.5 Å². The van der Waals surface area contributed by atoms with Gasteiger partial charge in [-0.1, -0.05) is 0 Å². The summed E-state index contributed by atoms with van der Waals surface area (Å²) in [4.78, 5) is 2.41. The molecule has 0 aliphatic carbocycles. The lowest BCUT2D eigenvalue weighted by atomic mass is 10.1. The largest absolute Gasteiger partial charge is 0.497 e. The minimum Gasteiger partial charge on any atom is -0.497 e. The number of nitrogens with zero attached hydrogens (tertiary/aromatic N) is 3. The van der Waals surface area contributed by atoms with Crippen molar-refractivity contribution in [2.45, 2.75) is 25.6 Å². The average Bonchev–Trinajstić information content (AvgIpc) is 2.94. The number of ether oxygens (including phenoxy) is 2. The lowest BCUT2D eigenvalue weighted by Gasteiger charge is -2.29. The SMILES string of the molecule is COc1ccc(-c2nn(CN3CCC[C@H](O)C3)c(=S)o2)c(OC)c1. The molecule has 1 atom stereocenters. The van der Waals surface area contributed by atoms with Crippen LogP contribution in [0.1, 0.15) is 12.8 Å². The van der Waals surface area contributed by atoms with Gasteiger partial charge in [-0.05, 0) is 37.2 Å². The van der Waals surface area contributed by atoms with E-state index in [4.69, 9.17) is 26.1 Å². The third kappa shape index (κ3) is 3.61. The summed E-state index contributed by atoms with van der Waals surface area (Å²) >= 11 is 5.28. The molecule has 2 aromatic rings. The van der Waals surface area contributed by atoms with Crippen molar-refractivity contribution in [1.29, 1.82) is 0 Å². The summed E-state index contributed by atoms with van der Waals surface area (Å²) in [5, 5.41) is 14.2. The Morgan fingerprint density at radius 2 is 2.21 bits per heavy atom. The average molecular weight is 351 g/mol. The maximum atomic E-state index is 9.78. The molecule has 0 spiro atoms. The first-order chi connectivity index (χ1) is 11.6. The maximum Gasteiger partial charge on any atom is 0.288 e. The number of likely N-dealkylation sites (tertiary alicyclic amines) is 1. The molecule has 1 fully saturated rings. The molecule has 1 saturated heterocycles. The van der Waals surface area contributed by atoms with Gasteiger partial charge in [0.1, 0.15) is 11.5 Å². The highest BCUT2D eigenvalue weighted by atomic mass is 32.1. The third-order valence-electron chi connectivity index (χ3n) is 4.06. The van der Waals surface area contributed by atoms with Crippen molar-refractivity contribution < 1.29 is 19.0 Å². The predicted octanol–water partition coefficient (Wildman–Crippen LogP) is 2.30. The summed E-state index contributed by atoms with van der Waals surface area (Å²) < 4.78 is 17.9. The molecule has 24 heavy (non-hydrogen) atoms. The van der Waals surface area contributed by atoms with Crippen LogP contribution in [0.2, 0.25) is 0 Å². The minimum absolute atomic E-state index is 0.291. The van der Waals surface area contributed by atoms with Crippen molar-refractivity contribution >= 4 is 12.2 Å². The molecule has 0 saturated carbocycles. The Kier molecular flexibility index (Phi) is 5.17. The number of benzene rings is 1. The van der Waals surface area contributed by atoms with Gasteiger partial charge in [-0.2, -0.15) is 0 Å². The van der Waals surface area contributed by atoms with Crippen LogP contribution in [0, 0.1) is 4.84 Å². The zero-order valence-electron chi connectivity index (χ0n) is 13.8. The molecule has 2 heterocycles. The van der Waals surface area contributed by atoms with Crippen LogP contribution in [-0.2, 0) is 6.67 Å². The fourth-order valence-electron chi connectivity index (χ4n) is 2.83. The summed E-state index contributed by atoms with van der Waals surface area (Å²) in [6.45, 7) is 2.03. The smallest absolute Gasteiger partial charge is 0.288 e. The van der Waals surface area contributed by atoms with Crippen LogP contribution in [0.15, 0.2) is 22.6 Å². The topological polar surface area (TPSA) is 72.9 Å². The lowest BCUT2D eigenvalue weighted by Crippen LogP contribution is -2.39. The molecule has 1 aromatic carbocycles. The fourth-order valence-corrected chi connectivity index (χ4v) is 3.01. The highest BCUT2D eigenvalue weighted by Crippen LogP contribution is 2.32. The molecule has 0 unspecified atom stereocenters. The molecular formula is C16H21N3O4S. The Bertz CT molecular complexity index is 758. The van der Waals surface area contributed by atoms with Gasteiger partial charge in [-0.15, -0.1) is 5.10 Å². The summed E-state index contributed by atoms with van der Waals surface area (Å²) in [7, 11) is 3.18. The Balaban J connectivity index is 1.85. The van der Waals surface area contributed by atoms with Gasteiger partial charge in [0.15, 0.2) is 0 Å². The maximum absolute atomic E-state index is 9.78. The number of hydrogen-bond acceptors (Lipinski definition) is 7. The highest BCUT2D eigenvalue weighted by molar-refractivity contribution is 7.71.